The molecule has 7 heteroatoms. The van der Waals surface area contributed by atoms with E-state index in [2.05, 4.69) is 5.32 Å². The Bertz CT molecular complexity index is 458. The summed E-state index contributed by atoms with van der Waals surface area (Å²) in [6.45, 7) is 0. The summed E-state index contributed by atoms with van der Waals surface area (Å²) in [6, 6.07) is 5.19. The van der Waals surface area contributed by atoms with Crippen LogP contribution in [0.2, 0.25) is 10.0 Å². The Kier molecular flexibility index (Phi) is 4.86. The molecule has 0 heterocycles. The van der Waals surface area contributed by atoms with E-state index in [4.69, 9.17) is 27.4 Å². The maximum atomic E-state index is 10.6. The van der Waals surface area contributed by atoms with Gasteiger partial charge in [-0.2, -0.15) is 0 Å². The number of anilines is 1. The summed E-state index contributed by atoms with van der Waals surface area (Å²) in [7, 11) is 0. The molecule has 0 saturated heterocycles. The molecule has 1 saturated carbocycles. The van der Waals surface area contributed by atoms with Crippen molar-refractivity contribution in [3.8, 4) is 0 Å². The molecule has 0 radical (unpaired) electrons. The zero-order valence-electron chi connectivity index (χ0n) is 9.40. The second-order valence-electron chi connectivity index (χ2n) is 4.15. The van der Waals surface area contributed by atoms with Gasteiger partial charge in [0.05, 0.1) is 33.6 Å². The first-order chi connectivity index (χ1) is 8.56. The van der Waals surface area contributed by atoms with Gasteiger partial charge in [0.1, 0.15) is 0 Å². The van der Waals surface area contributed by atoms with E-state index in [1.54, 1.807) is 18.2 Å². The van der Waals surface area contributed by atoms with Crippen LogP contribution in [0.5, 0.6) is 0 Å². The first-order valence-corrected chi connectivity index (χ1v) is 7.30. The molecule has 4 nitrogen and oxygen atoms in total. The van der Waals surface area contributed by atoms with Crippen LogP contribution in [0.3, 0.4) is 0 Å². The van der Waals surface area contributed by atoms with Crippen LogP contribution < -0.4 is 5.32 Å². The molecule has 1 aliphatic rings. The van der Waals surface area contributed by atoms with Gasteiger partial charge < -0.3 is 9.87 Å². The predicted molar refractivity (Wildman–Crippen MR) is 71.5 cm³/mol. The first-order valence-electron chi connectivity index (χ1n) is 5.54. The highest BCUT2D eigenvalue weighted by Gasteiger charge is 2.28. The Labute approximate surface area is 118 Å². The molecule has 0 bridgehead atoms. The van der Waals surface area contributed by atoms with E-state index >= 15 is 0 Å². The van der Waals surface area contributed by atoms with Crippen molar-refractivity contribution in [3.05, 3.63) is 28.2 Å². The van der Waals surface area contributed by atoms with Gasteiger partial charge in [-0.25, -0.2) is 4.21 Å². The molecule has 18 heavy (non-hydrogen) atoms. The Morgan fingerprint density at radius 2 is 2.11 bits per heavy atom. The zero-order chi connectivity index (χ0) is 13.1. The Morgan fingerprint density at radius 1 is 1.33 bits per heavy atom. The molecular weight excluding hydrogens is 297 g/mol. The summed E-state index contributed by atoms with van der Waals surface area (Å²) >= 11 is 9.27. The molecule has 1 aromatic rings. The van der Waals surface area contributed by atoms with Crippen LogP contribution >= 0.6 is 23.2 Å². The number of hydrogen-bond acceptors (Lipinski definition) is 4. The van der Waals surface area contributed by atoms with Crippen LogP contribution in [-0.2, 0) is 15.5 Å². The molecule has 0 amide bonds. The minimum atomic E-state index is -2.48. The molecule has 1 aromatic carbocycles. The molecule has 1 N–H and O–H groups in total. The minimum Gasteiger partial charge on any atom is -0.750 e. The molecule has 0 spiro atoms. The summed E-state index contributed by atoms with van der Waals surface area (Å²) in [5.74, 6) is 0. The van der Waals surface area contributed by atoms with E-state index in [-0.39, 0.29) is 12.1 Å². The predicted octanol–water partition coefficient (Wildman–Crippen LogP) is 3.14. The fraction of sp³-hybridized carbons (Fsp3) is 0.455. The molecule has 0 aliphatic heterocycles. The number of hydrogen-bond donors (Lipinski definition) is 1. The fourth-order valence-corrected chi connectivity index (χ4v) is 2.84. The van der Waals surface area contributed by atoms with Crippen molar-refractivity contribution in [2.24, 2.45) is 0 Å². The van der Waals surface area contributed by atoms with Gasteiger partial charge in [0, 0.05) is 5.69 Å². The number of nitrogens with one attached hydrogen (secondary N) is 1. The van der Waals surface area contributed by atoms with Crippen LogP contribution in [0.15, 0.2) is 18.2 Å². The zero-order valence-corrected chi connectivity index (χ0v) is 11.7. The second kappa shape index (κ2) is 6.21. The topological polar surface area (TPSA) is 61.4 Å². The van der Waals surface area contributed by atoms with Gasteiger partial charge in [-0.3, -0.25) is 4.18 Å². The number of rotatable bonds is 4. The van der Waals surface area contributed by atoms with Crippen molar-refractivity contribution in [2.45, 2.75) is 31.4 Å². The summed E-state index contributed by atoms with van der Waals surface area (Å²) in [4.78, 5) is 0. The van der Waals surface area contributed by atoms with E-state index in [1.807, 2.05) is 0 Å². The molecule has 1 fully saturated rings. The lowest BCUT2D eigenvalue weighted by Gasteiger charge is -2.23. The van der Waals surface area contributed by atoms with E-state index < -0.39 is 11.4 Å². The lowest BCUT2D eigenvalue weighted by Crippen LogP contribution is -2.31. The highest BCUT2D eigenvalue weighted by atomic mass is 35.5. The van der Waals surface area contributed by atoms with Gasteiger partial charge in [-0.15, -0.1) is 0 Å². The van der Waals surface area contributed by atoms with Crippen molar-refractivity contribution in [1.82, 2.24) is 0 Å². The molecular formula is C11H12Cl2NO3S-. The molecule has 2 rings (SSSR count). The van der Waals surface area contributed by atoms with E-state index in [9.17, 15) is 8.76 Å². The average Bonchev–Trinajstić information content (AvgIpc) is 2.70. The molecule has 1 aliphatic carbocycles. The van der Waals surface area contributed by atoms with Gasteiger partial charge >= 0.3 is 0 Å². The lowest BCUT2D eigenvalue weighted by molar-refractivity contribution is 0.197. The Balaban J connectivity index is 2.03. The lowest BCUT2D eigenvalue weighted by atomic mass is 10.2. The summed E-state index contributed by atoms with van der Waals surface area (Å²) in [6.07, 6.45) is 2.20. The second-order valence-corrected chi connectivity index (χ2v) is 5.56. The van der Waals surface area contributed by atoms with Crippen molar-refractivity contribution in [2.75, 3.05) is 5.32 Å². The number of benzene rings is 1. The van der Waals surface area contributed by atoms with Gasteiger partial charge in [0.2, 0.25) is 0 Å². The van der Waals surface area contributed by atoms with E-state index in [1.165, 1.54) is 0 Å². The van der Waals surface area contributed by atoms with Gasteiger partial charge in [0.25, 0.3) is 0 Å². The molecule has 100 valence electrons. The minimum absolute atomic E-state index is 0.0276. The molecule has 3 atom stereocenters. The average molecular weight is 309 g/mol. The summed E-state index contributed by atoms with van der Waals surface area (Å²) in [5.41, 5.74) is 0.807. The van der Waals surface area contributed by atoms with Gasteiger partial charge in [-0.1, -0.05) is 23.2 Å². The standard InChI is InChI=1S/C11H13Cl2NO3S/c12-8-5-4-7(6-9(8)13)14-10-2-1-3-11(10)17-18(15)16/h4-6,10-11,14H,1-3H2,(H,15,16)/p-1. The largest absolute Gasteiger partial charge is 0.750 e. The van der Waals surface area contributed by atoms with Crippen LogP contribution in [0, 0.1) is 0 Å². The van der Waals surface area contributed by atoms with Crippen LogP contribution in [0.1, 0.15) is 19.3 Å². The van der Waals surface area contributed by atoms with Gasteiger partial charge in [0.15, 0.2) is 0 Å². The summed E-state index contributed by atoms with van der Waals surface area (Å²) < 4.78 is 26.0. The monoisotopic (exact) mass is 308 g/mol. The maximum Gasteiger partial charge on any atom is 0.0937 e. The Morgan fingerprint density at radius 3 is 2.78 bits per heavy atom. The van der Waals surface area contributed by atoms with Crippen molar-refractivity contribution in [1.29, 1.82) is 0 Å². The smallest absolute Gasteiger partial charge is 0.0937 e. The van der Waals surface area contributed by atoms with Crippen molar-refractivity contribution < 1.29 is 12.9 Å². The fourth-order valence-electron chi connectivity index (χ4n) is 2.11. The molecule has 3 unspecified atom stereocenters. The van der Waals surface area contributed by atoms with Crippen molar-refractivity contribution in [3.63, 3.8) is 0 Å². The van der Waals surface area contributed by atoms with Crippen LogP contribution in [0.4, 0.5) is 5.69 Å². The van der Waals surface area contributed by atoms with E-state index in [0.29, 0.717) is 10.0 Å². The Hall–Kier alpha value is -0.330. The molecule has 0 aromatic heterocycles. The first kappa shape index (κ1) is 14.1. The maximum absolute atomic E-state index is 10.6. The number of halogens is 2. The third-order valence-corrected chi connectivity index (χ3v) is 4.07. The van der Waals surface area contributed by atoms with Gasteiger partial charge in [-0.05, 0) is 37.5 Å². The van der Waals surface area contributed by atoms with Crippen LogP contribution in [-0.4, -0.2) is 20.9 Å². The highest BCUT2D eigenvalue weighted by molar-refractivity contribution is 7.74. The summed E-state index contributed by atoms with van der Waals surface area (Å²) in [5, 5.41) is 4.17. The van der Waals surface area contributed by atoms with Crippen molar-refractivity contribution >= 4 is 40.3 Å². The third-order valence-electron chi connectivity index (χ3n) is 2.93. The highest BCUT2D eigenvalue weighted by Crippen LogP contribution is 2.29. The SMILES string of the molecule is O=S([O-])OC1CCCC1Nc1ccc(Cl)c(Cl)c1. The van der Waals surface area contributed by atoms with E-state index in [0.717, 1.165) is 24.9 Å². The normalized spacial score (nSPS) is 25.1. The quantitative estimate of drug-likeness (QED) is 0.868. The van der Waals surface area contributed by atoms with Crippen LogP contribution in [0.25, 0.3) is 0 Å². The third kappa shape index (κ3) is 3.59.